The summed E-state index contributed by atoms with van der Waals surface area (Å²) in [6, 6.07) is 6.62. The number of carbonyl (C=O) groups excluding carboxylic acids is 2. The lowest BCUT2D eigenvalue weighted by Gasteiger charge is -2.34. The standard InChI is InChI=1S/C27H36FN5O3/c1-27(2,28)18-33-13-10-19(11-14-33)17-36-24-16-30-23(15-31-24)20-6-8-21(9-7-20)25(34)32-26(35)22-5-3-4-12-29-22/h6-9,15-16,19,22,29H,3-5,10-14,17-18H2,1-2H3,(H,32,34,35)/t22-/m0/s1. The molecule has 2 aliphatic rings. The lowest BCUT2D eigenvalue weighted by atomic mass is 9.97. The molecule has 0 aliphatic carbocycles. The summed E-state index contributed by atoms with van der Waals surface area (Å²) in [5.41, 5.74) is 0.725. The Kier molecular flexibility index (Phi) is 8.64. The smallest absolute Gasteiger partial charge is 0.257 e. The number of likely N-dealkylation sites (tertiary alicyclic amines) is 1. The van der Waals surface area contributed by atoms with Crippen LogP contribution in [-0.4, -0.2) is 71.2 Å². The van der Waals surface area contributed by atoms with Crippen LogP contribution in [0.15, 0.2) is 36.7 Å². The molecule has 9 heteroatoms. The summed E-state index contributed by atoms with van der Waals surface area (Å²) in [6.45, 7) is 6.83. The minimum Gasteiger partial charge on any atom is -0.476 e. The van der Waals surface area contributed by atoms with Crippen LogP contribution in [0.25, 0.3) is 11.3 Å². The van der Waals surface area contributed by atoms with Crippen molar-refractivity contribution in [3.63, 3.8) is 0 Å². The molecule has 1 aromatic carbocycles. The van der Waals surface area contributed by atoms with E-state index in [-0.39, 0.29) is 11.9 Å². The first-order valence-corrected chi connectivity index (χ1v) is 12.8. The van der Waals surface area contributed by atoms with Crippen molar-refractivity contribution in [1.82, 2.24) is 25.5 Å². The molecule has 194 valence electrons. The highest BCUT2D eigenvalue weighted by molar-refractivity contribution is 6.06. The van der Waals surface area contributed by atoms with E-state index >= 15 is 0 Å². The Bertz CT molecular complexity index is 1010. The SMILES string of the molecule is CC(C)(F)CN1CCC(COc2cnc(-c3ccc(C(=O)NC(=O)[C@@H]4CCCCN4)cc3)cn2)CC1. The van der Waals surface area contributed by atoms with E-state index in [0.717, 1.165) is 57.3 Å². The quantitative estimate of drug-likeness (QED) is 0.540. The summed E-state index contributed by atoms with van der Waals surface area (Å²) in [5, 5.41) is 5.62. The number of benzene rings is 1. The zero-order valence-electron chi connectivity index (χ0n) is 21.1. The minimum absolute atomic E-state index is 0.278. The molecule has 3 heterocycles. The van der Waals surface area contributed by atoms with Crippen molar-refractivity contribution < 1.29 is 18.7 Å². The van der Waals surface area contributed by atoms with E-state index in [0.29, 0.717) is 36.2 Å². The number of alkyl halides is 1. The van der Waals surface area contributed by atoms with Crippen molar-refractivity contribution in [2.75, 3.05) is 32.8 Å². The van der Waals surface area contributed by atoms with Gasteiger partial charge in [-0.3, -0.25) is 14.9 Å². The normalized spacial score (nSPS) is 19.6. The number of piperidine rings is 2. The van der Waals surface area contributed by atoms with Gasteiger partial charge in [0.2, 0.25) is 11.8 Å². The van der Waals surface area contributed by atoms with Gasteiger partial charge in [-0.05, 0) is 77.2 Å². The maximum atomic E-state index is 13.8. The van der Waals surface area contributed by atoms with Gasteiger partial charge in [0.15, 0.2) is 0 Å². The van der Waals surface area contributed by atoms with Crippen LogP contribution in [0, 0.1) is 5.92 Å². The number of imide groups is 1. The third kappa shape index (κ3) is 7.54. The first-order valence-electron chi connectivity index (χ1n) is 12.8. The zero-order valence-corrected chi connectivity index (χ0v) is 21.1. The molecule has 0 radical (unpaired) electrons. The number of carbonyl (C=O) groups is 2. The van der Waals surface area contributed by atoms with Gasteiger partial charge in [-0.1, -0.05) is 18.6 Å². The van der Waals surface area contributed by atoms with Gasteiger partial charge in [0.1, 0.15) is 5.67 Å². The predicted octanol–water partition coefficient (Wildman–Crippen LogP) is 3.38. The molecule has 0 saturated carbocycles. The highest BCUT2D eigenvalue weighted by Gasteiger charge is 2.26. The van der Waals surface area contributed by atoms with Crippen molar-refractivity contribution in [1.29, 1.82) is 0 Å². The molecule has 0 unspecified atom stereocenters. The summed E-state index contributed by atoms with van der Waals surface area (Å²) in [5.74, 6) is 0.203. The van der Waals surface area contributed by atoms with Gasteiger partial charge in [-0.15, -0.1) is 0 Å². The van der Waals surface area contributed by atoms with Gasteiger partial charge in [0.05, 0.1) is 30.7 Å². The highest BCUT2D eigenvalue weighted by Crippen LogP contribution is 2.22. The Balaban J connectivity index is 1.24. The number of nitrogens with one attached hydrogen (secondary N) is 2. The molecule has 36 heavy (non-hydrogen) atoms. The summed E-state index contributed by atoms with van der Waals surface area (Å²) < 4.78 is 19.7. The molecule has 2 aliphatic heterocycles. The molecule has 1 aromatic heterocycles. The number of halogens is 1. The number of rotatable bonds is 8. The van der Waals surface area contributed by atoms with E-state index in [1.165, 1.54) is 0 Å². The Morgan fingerprint density at radius 3 is 2.47 bits per heavy atom. The fourth-order valence-electron chi connectivity index (χ4n) is 4.73. The van der Waals surface area contributed by atoms with Crippen LogP contribution in [-0.2, 0) is 4.79 Å². The monoisotopic (exact) mass is 497 g/mol. The van der Waals surface area contributed by atoms with Crippen LogP contribution in [0.5, 0.6) is 5.88 Å². The zero-order chi connectivity index (χ0) is 25.5. The van der Waals surface area contributed by atoms with Crippen LogP contribution >= 0.6 is 0 Å². The van der Waals surface area contributed by atoms with Gasteiger partial charge in [0, 0.05) is 17.7 Å². The highest BCUT2D eigenvalue weighted by atomic mass is 19.1. The lowest BCUT2D eigenvalue weighted by molar-refractivity contribution is -0.122. The van der Waals surface area contributed by atoms with Gasteiger partial charge < -0.3 is 15.0 Å². The number of aromatic nitrogens is 2. The van der Waals surface area contributed by atoms with Crippen molar-refractivity contribution in [2.45, 2.75) is 57.7 Å². The maximum Gasteiger partial charge on any atom is 0.257 e. The molecule has 1 atom stereocenters. The van der Waals surface area contributed by atoms with Gasteiger partial charge in [-0.2, -0.15) is 0 Å². The molecule has 2 N–H and O–H groups in total. The van der Waals surface area contributed by atoms with Crippen molar-refractivity contribution in [2.24, 2.45) is 5.92 Å². The number of hydrogen-bond donors (Lipinski definition) is 2. The van der Waals surface area contributed by atoms with Gasteiger partial charge >= 0.3 is 0 Å². The number of amides is 2. The second kappa shape index (κ2) is 11.9. The molecule has 2 saturated heterocycles. The Hall–Kier alpha value is -2.91. The molecule has 2 fully saturated rings. The average molecular weight is 498 g/mol. The summed E-state index contributed by atoms with van der Waals surface area (Å²) >= 11 is 0. The first kappa shape index (κ1) is 26.2. The molecular formula is C27H36FN5O3. The largest absolute Gasteiger partial charge is 0.476 e. The van der Waals surface area contributed by atoms with E-state index in [1.54, 1.807) is 50.5 Å². The van der Waals surface area contributed by atoms with Crippen LogP contribution in [0.4, 0.5) is 4.39 Å². The number of ether oxygens (including phenoxy) is 1. The van der Waals surface area contributed by atoms with E-state index in [9.17, 15) is 14.0 Å². The maximum absolute atomic E-state index is 13.8. The number of hydrogen-bond acceptors (Lipinski definition) is 7. The van der Waals surface area contributed by atoms with Gasteiger partial charge in [-0.25, -0.2) is 14.4 Å². The van der Waals surface area contributed by atoms with Crippen molar-refractivity contribution >= 4 is 11.8 Å². The third-order valence-electron chi connectivity index (χ3n) is 6.71. The minimum atomic E-state index is -1.17. The lowest BCUT2D eigenvalue weighted by Crippen LogP contribution is -2.48. The van der Waals surface area contributed by atoms with Crippen LogP contribution in [0.1, 0.15) is 56.3 Å². The molecule has 0 spiro atoms. The van der Waals surface area contributed by atoms with Crippen molar-refractivity contribution in [3.8, 4) is 17.1 Å². The van der Waals surface area contributed by atoms with Crippen LogP contribution < -0.4 is 15.4 Å². The van der Waals surface area contributed by atoms with E-state index < -0.39 is 11.6 Å². The first-order chi connectivity index (χ1) is 17.3. The van der Waals surface area contributed by atoms with E-state index in [4.69, 9.17) is 4.74 Å². The van der Waals surface area contributed by atoms with E-state index in [1.807, 2.05) is 0 Å². The second-order valence-corrected chi connectivity index (χ2v) is 10.4. The Morgan fingerprint density at radius 2 is 1.86 bits per heavy atom. The molecular weight excluding hydrogens is 461 g/mol. The molecule has 0 bridgehead atoms. The third-order valence-corrected chi connectivity index (χ3v) is 6.71. The van der Waals surface area contributed by atoms with Crippen molar-refractivity contribution in [3.05, 3.63) is 42.2 Å². The topological polar surface area (TPSA) is 96.5 Å². The second-order valence-electron chi connectivity index (χ2n) is 10.4. The Morgan fingerprint density at radius 1 is 1.11 bits per heavy atom. The molecule has 4 rings (SSSR count). The fourth-order valence-corrected chi connectivity index (χ4v) is 4.73. The van der Waals surface area contributed by atoms with E-state index in [2.05, 4.69) is 25.5 Å². The predicted molar refractivity (Wildman–Crippen MR) is 135 cm³/mol. The number of nitrogens with zero attached hydrogens (tertiary/aromatic N) is 3. The molecule has 8 nitrogen and oxygen atoms in total. The fraction of sp³-hybridized carbons (Fsp3) is 0.556. The summed E-state index contributed by atoms with van der Waals surface area (Å²) in [4.78, 5) is 35.7. The molecule has 2 aromatic rings. The Labute approximate surface area is 212 Å². The van der Waals surface area contributed by atoms with Crippen LogP contribution in [0.3, 0.4) is 0 Å². The average Bonchev–Trinajstić information content (AvgIpc) is 2.88. The van der Waals surface area contributed by atoms with Crippen LogP contribution in [0.2, 0.25) is 0 Å². The summed E-state index contributed by atoms with van der Waals surface area (Å²) in [6.07, 6.45) is 7.98. The summed E-state index contributed by atoms with van der Waals surface area (Å²) in [7, 11) is 0. The molecule has 2 amide bonds. The van der Waals surface area contributed by atoms with Gasteiger partial charge in [0.25, 0.3) is 5.91 Å².